The first kappa shape index (κ1) is 23.6. The van der Waals surface area contributed by atoms with E-state index in [9.17, 15) is 13.2 Å². The number of fused-ring (bicyclic) bond motifs is 1. The maximum absolute atomic E-state index is 13.1. The number of pyridine rings is 1. The average molecular weight is 559 g/mol. The molecule has 5 aromatic rings. The molecule has 5 nitrogen and oxygen atoms in total. The Kier molecular flexibility index (Phi) is 6.41. The van der Waals surface area contributed by atoms with Gasteiger partial charge in [-0.05, 0) is 48.9 Å². The molecule has 0 saturated heterocycles. The maximum Gasteiger partial charge on any atom is 0.416 e. The van der Waals surface area contributed by atoms with Gasteiger partial charge >= 0.3 is 6.18 Å². The van der Waals surface area contributed by atoms with Crippen LogP contribution in [0, 0.1) is 6.92 Å². The molecule has 0 radical (unpaired) electrons. The van der Waals surface area contributed by atoms with Gasteiger partial charge in [0.05, 0.1) is 12.1 Å². The lowest BCUT2D eigenvalue weighted by Crippen LogP contribution is -2.05. The zero-order valence-electron chi connectivity index (χ0n) is 18.4. The first-order valence-electron chi connectivity index (χ1n) is 10.6. The maximum atomic E-state index is 13.1. The van der Waals surface area contributed by atoms with E-state index in [4.69, 9.17) is 9.40 Å². The first-order valence-corrected chi connectivity index (χ1v) is 12.4. The number of halogens is 4. The van der Waals surface area contributed by atoms with Crippen molar-refractivity contribution in [1.29, 1.82) is 0 Å². The molecule has 0 spiro atoms. The Hall–Kier alpha value is -3.11. The van der Waals surface area contributed by atoms with E-state index in [-0.39, 0.29) is 0 Å². The van der Waals surface area contributed by atoms with Crippen LogP contribution in [0.15, 0.2) is 80.9 Å². The molecule has 178 valence electrons. The van der Waals surface area contributed by atoms with E-state index in [2.05, 4.69) is 25.9 Å². The molecule has 0 amide bonds. The second-order valence-electron chi connectivity index (χ2n) is 7.85. The highest BCUT2D eigenvalue weighted by molar-refractivity contribution is 9.10. The Balaban J connectivity index is 1.45. The van der Waals surface area contributed by atoms with E-state index in [1.165, 1.54) is 23.9 Å². The summed E-state index contributed by atoms with van der Waals surface area (Å²) in [5, 5.41) is 0.641. The molecule has 35 heavy (non-hydrogen) atoms. The summed E-state index contributed by atoms with van der Waals surface area (Å²) in [6, 6.07) is 16.7. The van der Waals surface area contributed by atoms with Gasteiger partial charge < -0.3 is 4.42 Å². The van der Waals surface area contributed by atoms with Crippen molar-refractivity contribution >= 4 is 38.9 Å². The second kappa shape index (κ2) is 9.50. The van der Waals surface area contributed by atoms with Crippen molar-refractivity contribution in [2.75, 3.05) is 0 Å². The highest BCUT2D eigenvalue weighted by atomic mass is 79.9. The lowest BCUT2D eigenvalue weighted by molar-refractivity contribution is -0.137. The van der Waals surface area contributed by atoms with Gasteiger partial charge in [0.15, 0.2) is 10.8 Å². The molecule has 2 aromatic carbocycles. The quantitative estimate of drug-likeness (QED) is 0.202. The standard InChI is InChI=1S/C25H18BrF3N4OS/c1-15-21(31-23(34-15)17-6-3-8-19(26)12-17)13-33-22-20(9-4-10-30-22)32-24(33)35-14-16-5-2-7-18(11-16)25(27,28)29/h2-12H,13-14H2,1H3. The number of aryl methyl sites for hydroxylation is 1. The normalized spacial score (nSPS) is 11.9. The van der Waals surface area contributed by atoms with Crippen LogP contribution in [0.5, 0.6) is 0 Å². The summed E-state index contributed by atoms with van der Waals surface area (Å²) >= 11 is 4.82. The number of benzene rings is 2. The summed E-state index contributed by atoms with van der Waals surface area (Å²) in [5.41, 5.74) is 2.85. The Labute approximate surface area is 211 Å². The minimum Gasteiger partial charge on any atom is -0.441 e. The first-order chi connectivity index (χ1) is 16.8. The van der Waals surface area contributed by atoms with Crippen LogP contribution in [0.2, 0.25) is 0 Å². The molecule has 3 aromatic heterocycles. The molecule has 0 saturated carbocycles. The highest BCUT2D eigenvalue weighted by Gasteiger charge is 2.30. The van der Waals surface area contributed by atoms with Crippen LogP contribution in [-0.2, 0) is 18.5 Å². The van der Waals surface area contributed by atoms with Crippen LogP contribution in [0.4, 0.5) is 13.2 Å². The third kappa shape index (κ3) is 5.13. The molecule has 0 aliphatic rings. The predicted molar refractivity (Wildman–Crippen MR) is 132 cm³/mol. The summed E-state index contributed by atoms with van der Waals surface area (Å²) in [7, 11) is 0. The van der Waals surface area contributed by atoms with Gasteiger partial charge in [0, 0.05) is 22.0 Å². The van der Waals surface area contributed by atoms with Gasteiger partial charge in [-0.1, -0.05) is 52.0 Å². The number of aromatic nitrogens is 4. The minimum absolute atomic E-state index is 0.328. The lowest BCUT2D eigenvalue weighted by atomic mass is 10.1. The molecule has 5 rings (SSSR count). The van der Waals surface area contributed by atoms with Crippen molar-refractivity contribution in [3.63, 3.8) is 0 Å². The van der Waals surface area contributed by atoms with E-state index in [0.717, 1.165) is 21.8 Å². The molecule has 0 atom stereocenters. The Morgan fingerprint density at radius 1 is 1.03 bits per heavy atom. The van der Waals surface area contributed by atoms with Crippen LogP contribution >= 0.6 is 27.7 Å². The summed E-state index contributed by atoms with van der Waals surface area (Å²) < 4.78 is 48.1. The van der Waals surface area contributed by atoms with Crippen molar-refractivity contribution in [3.8, 4) is 11.5 Å². The summed E-state index contributed by atoms with van der Waals surface area (Å²) in [4.78, 5) is 13.9. The van der Waals surface area contributed by atoms with Crippen LogP contribution in [0.25, 0.3) is 22.6 Å². The predicted octanol–water partition coefficient (Wildman–Crippen LogP) is 7.52. The smallest absolute Gasteiger partial charge is 0.416 e. The zero-order chi connectivity index (χ0) is 24.6. The second-order valence-corrected chi connectivity index (χ2v) is 9.70. The number of imidazole rings is 1. The summed E-state index contributed by atoms with van der Waals surface area (Å²) in [6.07, 6.45) is -2.70. The molecule has 0 bridgehead atoms. The molecule has 3 heterocycles. The molecule has 10 heteroatoms. The third-order valence-electron chi connectivity index (χ3n) is 5.36. The van der Waals surface area contributed by atoms with Gasteiger partial charge in [0.25, 0.3) is 0 Å². The molecule has 0 N–H and O–H groups in total. The van der Waals surface area contributed by atoms with Crippen molar-refractivity contribution in [2.24, 2.45) is 0 Å². The van der Waals surface area contributed by atoms with Gasteiger partial charge in [0.2, 0.25) is 5.89 Å². The van der Waals surface area contributed by atoms with Crippen molar-refractivity contribution in [2.45, 2.75) is 30.6 Å². The molecule has 0 unspecified atom stereocenters. The highest BCUT2D eigenvalue weighted by Crippen LogP contribution is 2.32. The molecule has 0 aliphatic heterocycles. The van der Waals surface area contributed by atoms with Gasteiger partial charge in [-0.25, -0.2) is 15.0 Å². The number of rotatable bonds is 6. The fourth-order valence-electron chi connectivity index (χ4n) is 3.65. The molecule has 0 aliphatic carbocycles. The van der Waals surface area contributed by atoms with Crippen molar-refractivity contribution in [3.05, 3.63) is 93.9 Å². The molecular formula is C25H18BrF3N4OS. The van der Waals surface area contributed by atoms with E-state index < -0.39 is 11.7 Å². The van der Waals surface area contributed by atoms with Gasteiger partial charge in [-0.2, -0.15) is 13.2 Å². The van der Waals surface area contributed by atoms with Gasteiger partial charge in [-0.3, -0.25) is 4.57 Å². The number of thioether (sulfide) groups is 1. The molecule has 0 fully saturated rings. The number of hydrogen-bond donors (Lipinski definition) is 0. The van der Waals surface area contributed by atoms with Crippen molar-refractivity contribution < 1.29 is 17.6 Å². The Bertz CT molecular complexity index is 1510. The summed E-state index contributed by atoms with van der Waals surface area (Å²) in [6.45, 7) is 2.22. The zero-order valence-corrected chi connectivity index (χ0v) is 20.8. The van der Waals surface area contributed by atoms with Crippen LogP contribution in [0.1, 0.15) is 22.6 Å². The SMILES string of the molecule is Cc1oc(-c2cccc(Br)c2)nc1Cn1c(SCc2cccc(C(F)(F)F)c2)nc2cccnc21. The van der Waals surface area contributed by atoms with E-state index >= 15 is 0 Å². The molecular weight excluding hydrogens is 541 g/mol. The number of oxazole rings is 1. The van der Waals surface area contributed by atoms with Crippen LogP contribution in [0.3, 0.4) is 0 Å². The van der Waals surface area contributed by atoms with E-state index in [1.54, 1.807) is 18.3 Å². The Morgan fingerprint density at radius 2 is 1.86 bits per heavy atom. The number of hydrogen-bond acceptors (Lipinski definition) is 5. The minimum atomic E-state index is -4.38. The van der Waals surface area contributed by atoms with Gasteiger partial charge in [0.1, 0.15) is 17.0 Å². The van der Waals surface area contributed by atoms with E-state index in [0.29, 0.717) is 45.8 Å². The van der Waals surface area contributed by atoms with Gasteiger partial charge in [-0.15, -0.1) is 0 Å². The lowest BCUT2D eigenvalue weighted by Gasteiger charge is -2.09. The third-order valence-corrected chi connectivity index (χ3v) is 6.90. The fourth-order valence-corrected chi connectivity index (χ4v) is 4.99. The average Bonchev–Trinajstić information content (AvgIpc) is 3.38. The van der Waals surface area contributed by atoms with Crippen LogP contribution in [-0.4, -0.2) is 19.5 Å². The van der Waals surface area contributed by atoms with E-state index in [1.807, 2.05) is 41.8 Å². The van der Waals surface area contributed by atoms with Crippen molar-refractivity contribution in [1.82, 2.24) is 19.5 Å². The van der Waals surface area contributed by atoms with Crippen LogP contribution < -0.4 is 0 Å². The number of alkyl halides is 3. The Morgan fingerprint density at radius 3 is 2.66 bits per heavy atom. The summed E-state index contributed by atoms with van der Waals surface area (Å²) in [5.74, 6) is 1.51. The largest absolute Gasteiger partial charge is 0.441 e. The topological polar surface area (TPSA) is 56.7 Å². The fraction of sp³-hybridized carbons (Fsp3) is 0.160. The monoisotopic (exact) mass is 558 g/mol. The number of nitrogens with zero attached hydrogens (tertiary/aromatic N) is 4.